The summed E-state index contributed by atoms with van der Waals surface area (Å²) in [6, 6.07) is 18.1. The zero-order chi connectivity index (χ0) is 22.7. The van der Waals surface area contributed by atoms with Gasteiger partial charge in [0.2, 0.25) is 0 Å². The number of hydrogen-bond donors (Lipinski definition) is 0. The van der Waals surface area contributed by atoms with Gasteiger partial charge in [-0.05, 0) is 46.5 Å². The Bertz CT molecular complexity index is 1320. The molecular formula is C24H17F2N2O3S-. The minimum absolute atomic E-state index is 0.109. The van der Waals surface area contributed by atoms with Crippen molar-refractivity contribution in [3.05, 3.63) is 112 Å². The third-order valence-electron chi connectivity index (χ3n) is 4.97. The van der Waals surface area contributed by atoms with Crippen LogP contribution in [0.3, 0.4) is 0 Å². The number of halogens is 2. The maximum absolute atomic E-state index is 13.5. The van der Waals surface area contributed by atoms with Gasteiger partial charge in [-0.15, -0.1) is 0 Å². The molecule has 0 amide bonds. The van der Waals surface area contributed by atoms with Crippen molar-refractivity contribution in [3.8, 4) is 22.3 Å². The average molecular weight is 451 g/mol. The van der Waals surface area contributed by atoms with Crippen molar-refractivity contribution in [2.75, 3.05) is 0 Å². The van der Waals surface area contributed by atoms with Crippen molar-refractivity contribution < 1.29 is 17.5 Å². The summed E-state index contributed by atoms with van der Waals surface area (Å²) in [6.45, 7) is 0.141. The van der Waals surface area contributed by atoms with Crippen LogP contribution in [0.15, 0.2) is 83.8 Å². The molecule has 0 fully saturated rings. The van der Waals surface area contributed by atoms with Crippen LogP contribution >= 0.6 is 0 Å². The fourth-order valence-corrected chi connectivity index (χ4v) is 3.86. The maximum atomic E-state index is 13.5. The smallest absolute Gasteiger partial charge is 0.275 e. The van der Waals surface area contributed by atoms with Crippen molar-refractivity contribution in [1.82, 2.24) is 9.78 Å². The van der Waals surface area contributed by atoms with E-state index in [4.69, 9.17) is 0 Å². The molecule has 0 saturated heterocycles. The molecule has 0 N–H and O–H groups in total. The molecule has 8 heteroatoms. The minimum atomic E-state index is -2.21. The Hall–Kier alpha value is -3.49. The highest BCUT2D eigenvalue weighted by Gasteiger charge is 2.16. The minimum Gasteiger partial charge on any atom is -0.772 e. The highest BCUT2D eigenvalue weighted by molar-refractivity contribution is 7.78. The molecule has 0 spiro atoms. The van der Waals surface area contributed by atoms with Gasteiger partial charge in [-0.25, -0.2) is 13.5 Å². The predicted molar refractivity (Wildman–Crippen MR) is 117 cm³/mol. The molecule has 0 aliphatic rings. The second-order valence-electron chi connectivity index (χ2n) is 7.17. The van der Waals surface area contributed by atoms with E-state index in [9.17, 15) is 22.3 Å². The highest BCUT2D eigenvalue weighted by Crippen LogP contribution is 2.29. The molecule has 0 aliphatic heterocycles. The predicted octanol–water partition coefficient (Wildman–Crippen LogP) is 4.28. The molecule has 0 aliphatic carbocycles. The Labute approximate surface area is 185 Å². The molecule has 32 heavy (non-hydrogen) atoms. The van der Waals surface area contributed by atoms with Gasteiger partial charge in [0.05, 0.1) is 18.3 Å². The van der Waals surface area contributed by atoms with Gasteiger partial charge >= 0.3 is 0 Å². The first-order chi connectivity index (χ1) is 15.4. The first kappa shape index (κ1) is 21.7. The lowest BCUT2D eigenvalue weighted by Gasteiger charge is -2.13. The molecule has 0 saturated carbocycles. The third-order valence-corrected chi connectivity index (χ3v) is 5.54. The highest BCUT2D eigenvalue weighted by atomic mass is 32.2. The van der Waals surface area contributed by atoms with Crippen LogP contribution in [0, 0.1) is 11.6 Å². The Balaban J connectivity index is 1.81. The fourth-order valence-electron chi connectivity index (χ4n) is 3.40. The largest absolute Gasteiger partial charge is 0.772 e. The normalized spacial score (nSPS) is 12.0. The Morgan fingerprint density at radius 1 is 0.812 bits per heavy atom. The summed E-state index contributed by atoms with van der Waals surface area (Å²) in [5, 5.41) is 4.28. The lowest BCUT2D eigenvalue weighted by Crippen LogP contribution is -2.25. The second kappa shape index (κ2) is 9.33. The molecule has 0 bridgehead atoms. The topological polar surface area (TPSA) is 75.0 Å². The summed E-state index contributed by atoms with van der Waals surface area (Å²) in [7, 11) is 0. The van der Waals surface area contributed by atoms with Gasteiger partial charge in [0.1, 0.15) is 11.6 Å². The maximum Gasteiger partial charge on any atom is 0.275 e. The molecule has 1 aromatic heterocycles. The van der Waals surface area contributed by atoms with E-state index in [0.717, 1.165) is 0 Å². The van der Waals surface area contributed by atoms with Gasteiger partial charge in [0, 0.05) is 11.3 Å². The van der Waals surface area contributed by atoms with E-state index in [2.05, 4.69) is 5.10 Å². The first-order valence-electron chi connectivity index (χ1n) is 9.66. The van der Waals surface area contributed by atoms with E-state index in [-0.39, 0.29) is 23.7 Å². The van der Waals surface area contributed by atoms with Gasteiger partial charge in [-0.1, -0.05) is 59.6 Å². The van der Waals surface area contributed by atoms with E-state index in [1.807, 2.05) is 0 Å². The molecule has 0 radical (unpaired) electrons. The SMILES string of the molecule is O=c1c(-c2ccc(F)cc2)c(-c2ccc(CS(=O)[O-])cc2)cnn1Cc1ccc(F)cc1. The Morgan fingerprint density at radius 3 is 1.94 bits per heavy atom. The number of rotatable bonds is 6. The number of hydrogen-bond acceptors (Lipinski definition) is 4. The Kier molecular flexibility index (Phi) is 6.34. The van der Waals surface area contributed by atoms with E-state index < -0.39 is 16.9 Å². The quantitative estimate of drug-likeness (QED) is 0.410. The summed E-state index contributed by atoms with van der Waals surface area (Å²) < 4.78 is 49.8. The van der Waals surface area contributed by atoms with Crippen LogP contribution in [0.5, 0.6) is 0 Å². The monoisotopic (exact) mass is 451 g/mol. The van der Waals surface area contributed by atoms with Gasteiger partial charge in [-0.2, -0.15) is 5.10 Å². The van der Waals surface area contributed by atoms with E-state index in [1.54, 1.807) is 42.6 Å². The summed E-state index contributed by atoms with van der Waals surface area (Å²) in [6.07, 6.45) is 1.55. The molecule has 4 aromatic rings. The molecule has 3 aromatic carbocycles. The lowest BCUT2D eigenvalue weighted by molar-refractivity contribution is 0.536. The van der Waals surface area contributed by atoms with Crippen molar-refractivity contribution >= 4 is 11.1 Å². The zero-order valence-electron chi connectivity index (χ0n) is 16.7. The van der Waals surface area contributed by atoms with Crippen molar-refractivity contribution in [2.24, 2.45) is 0 Å². The van der Waals surface area contributed by atoms with Crippen LogP contribution in [-0.2, 0) is 23.4 Å². The zero-order valence-corrected chi connectivity index (χ0v) is 17.5. The summed E-state index contributed by atoms with van der Waals surface area (Å²) in [5.41, 5.74) is 2.99. The molecule has 162 valence electrons. The number of nitrogens with zero attached hydrogens (tertiary/aromatic N) is 2. The second-order valence-corrected chi connectivity index (χ2v) is 8.07. The molecule has 4 rings (SSSR count). The van der Waals surface area contributed by atoms with Gasteiger partial charge in [0.25, 0.3) is 5.56 Å². The van der Waals surface area contributed by atoms with E-state index in [0.29, 0.717) is 33.4 Å². The van der Waals surface area contributed by atoms with Gasteiger partial charge < -0.3 is 4.55 Å². The van der Waals surface area contributed by atoms with Gasteiger partial charge in [0.15, 0.2) is 0 Å². The van der Waals surface area contributed by atoms with Crippen LogP contribution in [0.2, 0.25) is 0 Å². The van der Waals surface area contributed by atoms with Crippen LogP contribution in [0.25, 0.3) is 22.3 Å². The van der Waals surface area contributed by atoms with Crippen LogP contribution in [-0.4, -0.2) is 18.5 Å². The molecular weight excluding hydrogens is 434 g/mol. The number of aromatic nitrogens is 2. The molecule has 1 unspecified atom stereocenters. The average Bonchev–Trinajstić information content (AvgIpc) is 2.77. The van der Waals surface area contributed by atoms with Crippen molar-refractivity contribution in [2.45, 2.75) is 12.3 Å². The van der Waals surface area contributed by atoms with Crippen molar-refractivity contribution in [3.63, 3.8) is 0 Å². The molecule has 1 heterocycles. The molecule has 5 nitrogen and oxygen atoms in total. The Morgan fingerprint density at radius 2 is 1.34 bits per heavy atom. The van der Waals surface area contributed by atoms with E-state index in [1.165, 1.54) is 41.1 Å². The standard InChI is InChI=1S/C24H18F2N2O3S/c25-20-9-3-16(4-10-20)14-28-24(29)23(19-7-11-21(26)12-8-19)22(13-27-28)18-5-1-17(2-6-18)15-32(30)31/h1-13H,14-15H2,(H,30,31)/p-1. The number of benzene rings is 3. The summed E-state index contributed by atoms with van der Waals surface area (Å²) in [4.78, 5) is 13.4. The van der Waals surface area contributed by atoms with Crippen molar-refractivity contribution in [1.29, 1.82) is 0 Å². The van der Waals surface area contributed by atoms with E-state index >= 15 is 0 Å². The van der Waals surface area contributed by atoms with Crippen LogP contribution < -0.4 is 5.56 Å². The van der Waals surface area contributed by atoms with Gasteiger partial charge in [-0.3, -0.25) is 9.00 Å². The third kappa shape index (κ3) is 4.87. The first-order valence-corrected chi connectivity index (χ1v) is 10.9. The summed E-state index contributed by atoms with van der Waals surface area (Å²) in [5.74, 6) is -0.908. The lowest BCUT2D eigenvalue weighted by atomic mass is 9.96. The molecule has 1 atom stereocenters. The van der Waals surface area contributed by atoms with Crippen LogP contribution in [0.1, 0.15) is 11.1 Å². The fraction of sp³-hybridized carbons (Fsp3) is 0.0833. The van der Waals surface area contributed by atoms with Crippen LogP contribution in [0.4, 0.5) is 8.78 Å². The summed E-state index contributed by atoms with van der Waals surface area (Å²) >= 11 is -2.21.